The Balaban J connectivity index is 1.85. The minimum Gasteiger partial charge on any atom is -0.385 e. The highest BCUT2D eigenvalue weighted by Gasteiger charge is 2.41. The molecule has 1 heterocycles. The molecule has 1 saturated carbocycles. The highest BCUT2D eigenvalue weighted by Crippen LogP contribution is 2.49. The van der Waals surface area contributed by atoms with Crippen molar-refractivity contribution < 1.29 is 9.47 Å². The average Bonchev–Trinajstić information content (AvgIpc) is 3.07. The Morgan fingerprint density at radius 3 is 2.86 bits per heavy atom. The van der Waals surface area contributed by atoms with E-state index >= 15 is 0 Å². The van der Waals surface area contributed by atoms with E-state index in [4.69, 9.17) is 14.5 Å². The van der Waals surface area contributed by atoms with Gasteiger partial charge in [-0.25, -0.2) is 0 Å². The molecule has 1 aliphatic carbocycles. The number of ether oxygens (including phenoxy) is 2. The van der Waals surface area contributed by atoms with Crippen LogP contribution in [0, 0.1) is 11.3 Å². The summed E-state index contributed by atoms with van der Waals surface area (Å²) in [5.41, 5.74) is 0.411. The van der Waals surface area contributed by atoms with Crippen LogP contribution in [0.3, 0.4) is 0 Å². The Morgan fingerprint density at radius 2 is 2.29 bits per heavy atom. The second-order valence-electron chi connectivity index (χ2n) is 6.52. The maximum atomic E-state index is 5.47. The molecule has 0 radical (unpaired) electrons. The minimum absolute atomic E-state index is 0.411. The van der Waals surface area contributed by atoms with Crippen LogP contribution in [0.1, 0.15) is 32.6 Å². The number of methoxy groups -OCH3 is 1. The molecular weight excluding hydrogens is 266 g/mol. The third kappa shape index (κ3) is 5.15. The van der Waals surface area contributed by atoms with E-state index in [1.807, 2.05) is 0 Å². The first-order valence-corrected chi connectivity index (χ1v) is 8.25. The molecule has 2 aliphatic rings. The van der Waals surface area contributed by atoms with Crippen LogP contribution in [0.2, 0.25) is 0 Å². The summed E-state index contributed by atoms with van der Waals surface area (Å²) in [6.07, 6.45) is 4.88. The van der Waals surface area contributed by atoms with Gasteiger partial charge in [-0.1, -0.05) is 0 Å². The maximum absolute atomic E-state index is 5.47. The van der Waals surface area contributed by atoms with Gasteiger partial charge in [-0.15, -0.1) is 0 Å². The summed E-state index contributed by atoms with van der Waals surface area (Å²) in [6, 6.07) is 0. The van der Waals surface area contributed by atoms with Crippen molar-refractivity contribution in [2.45, 2.75) is 32.6 Å². The first kappa shape index (κ1) is 16.6. The first-order chi connectivity index (χ1) is 10.2. The zero-order chi connectivity index (χ0) is 15.1. The SMILES string of the molecule is CCNC(=NCC1(CCOC)CC1)N(C)CC1CCOC1. The molecule has 1 atom stereocenters. The van der Waals surface area contributed by atoms with Gasteiger partial charge in [0.05, 0.1) is 6.61 Å². The van der Waals surface area contributed by atoms with E-state index < -0.39 is 0 Å². The van der Waals surface area contributed by atoms with E-state index in [0.29, 0.717) is 11.3 Å². The molecule has 122 valence electrons. The number of nitrogens with one attached hydrogen (secondary N) is 1. The second kappa shape index (κ2) is 7.99. The van der Waals surface area contributed by atoms with Crippen LogP contribution >= 0.6 is 0 Å². The lowest BCUT2D eigenvalue weighted by atomic mass is 10.0. The molecule has 0 amide bonds. The van der Waals surface area contributed by atoms with Gasteiger partial charge in [0.2, 0.25) is 0 Å². The molecule has 0 spiro atoms. The van der Waals surface area contributed by atoms with E-state index in [2.05, 4.69) is 24.2 Å². The number of hydrogen-bond donors (Lipinski definition) is 1. The number of hydrogen-bond acceptors (Lipinski definition) is 3. The molecule has 2 fully saturated rings. The van der Waals surface area contributed by atoms with Gasteiger partial charge in [0, 0.05) is 52.9 Å². The number of aliphatic imine (C=N–C) groups is 1. The molecule has 5 nitrogen and oxygen atoms in total. The Bertz CT molecular complexity index is 336. The van der Waals surface area contributed by atoms with Crippen molar-refractivity contribution in [3.05, 3.63) is 0 Å². The van der Waals surface area contributed by atoms with Crippen molar-refractivity contribution in [1.29, 1.82) is 0 Å². The van der Waals surface area contributed by atoms with Crippen LogP contribution in [0.25, 0.3) is 0 Å². The lowest BCUT2D eigenvalue weighted by molar-refractivity contribution is 0.173. The van der Waals surface area contributed by atoms with Gasteiger partial charge in [0.1, 0.15) is 0 Å². The molecule has 1 unspecified atom stereocenters. The quantitative estimate of drug-likeness (QED) is 0.547. The molecule has 5 heteroatoms. The van der Waals surface area contributed by atoms with Crippen molar-refractivity contribution in [3.63, 3.8) is 0 Å². The van der Waals surface area contributed by atoms with Crippen LogP contribution < -0.4 is 5.32 Å². The Hall–Kier alpha value is -0.810. The van der Waals surface area contributed by atoms with E-state index in [9.17, 15) is 0 Å². The molecule has 0 aromatic heterocycles. The van der Waals surface area contributed by atoms with Crippen molar-refractivity contribution in [2.75, 3.05) is 53.6 Å². The zero-order valence-electron chi connectivity index (χ0n) is 13.9. The fourth-order valence-electron chi connectivity index (χ4n) is 2.90. The Kier molecular flexibility index (Phi) is 6.30. The van der Waals surface area contributed by atoms with Gasteiger partial charge in [-0.2, -0.15) is 0 Å². The predicted molar refractivity (Wildman–Crippen MR) is 85.7 cm³/mol. The van der Waals surface area contributed by atoms with Crippen LogP contribution in [0.4, 0.5) is 0 Å². The smallest absolute Gasteiger partial charge is 0.193 e. The number of rotatable bonds is 8. The highest BCUT2D eigenvalue weighted by atomic mass is 16.5. The van der Waals surface area contributed by atoms with E-state index in [-0.39, 0.29) is 0 Å². The van der Waals surface area contributed by atoms with Crippen LogP contribution in [-0.4, -0.2) is 64.5 Å². The molecule has 2 rings (SSSR count). The molecule has 1 saturated heterocycles. The van der Waals surface area contributed by atoms with Gasteiger partial charge >= 0.3 is 0 Å². The molecule has 21 heavy (non-hydrogen) atoms. The van der Waals surface area contributed by atoms with Gasteiger partial charge in [-0.3, -0.25) is 4.99 Å². The second-order valence-corrected chi connectivity index (χ2v) is 6.52. The first-order valence-electron chi connectivity index (χ1n) is 8.25. The zero-order valence-corrected chi connectivity index (χ0v) is 13.9. The Morgan fingerprint density at radius 1 is 1.48 bits per heavy atom. The van der Waals surface area contributed by atoms with Crippen molar-refractivity contribution >= 4 is 5.96 Å². The lowest BCUT2D eigenvalue weighted by Gasteiger charge is -2.25. The topological polar surface area (TPSA) is 46.1 Å². The molecule has 1 aliphatic heterocycles. The highest BCUT2D eigenvalue weighted by molar-refractivity contribution is 5.79. The van der Waals surface area contributed by atoms with Gasteiger partial charge < -0.3 is 19.7 Å². The third-order valence-corrected chi connectivity index (χ3v) is 4.61. The summed E-state index contributed by atoms with van der Waals surface area (Å²) >= 11 is 0. The summed E-state index contributed by atoms with van der Waals surface area (Å²) in [5.74, 6) is 1.68. The monoisotopic (exact) mass is 297 g/mol. The molecule has 0 aromatic rings. The fraction of sp³-hybridized carbons (Fsp3) is 0.938. The molecule has 1 N–H and O–H groups in total. The molecular formula is C16H31N3O2. The molecule has 0 bridgehead atoms. The van der Waals surface area contributed by atoms with Crippen molar-refractivity contribution in [3.8, 4) is 0 Å². The van der Waals surface area contributed by atoms with Crippen molar-refractivity contribution in [1.82, 2.24) is 10.2 Å². The van der Waals surface area contributed by atoms with Gasteiger partial charge in [0.25, 0.3) is 0 Å². The van der Waals surface area contributed by atoms with Gasteiger partial charge in [0.15, 0.2) is 5.96 Å². The van der Waals surface area contributed by atoms with Crippen LogP contribution in [0.5, 0.6) is 0 Å². The third-order valence-electron chi connectivity index (χ3n) is 4.61. The summed E-state index contributed by atoms with van der Waals surface area (Å²) in [7, 11) is 3.91. The van der Waals surface area contributed by atoms with E-state index in [1.165, 1.54) is 19.3 Å². The fourth-order valence-corrected chi connectivity index (χ4v) is 2.90. The normalized spacial score (nSPS) is 24.1. The lowest BCUT2D eigenvalue weighted by Crippen LogP contribution is -2.41. The van der Waals surface area contributed by atoms with Crippen LogP contribution in [0.15, 0.2) is 4.99 Å². The van der Waals surface area contributed by atoms with Gasteiger partial charge in [-0.05, 0) is 38.0 Å². The standard InChI is InChI=1S/C16H31N3O2/c1-4-17-15(19(2)11-14-5-9-21-12-14)18-13-16(6-7-16)8-10-20-3/h14H,4-13H2,1-3H3,(H,17,18). The predicted octanol–water partition coefficient (Wildman–Crippen LogP) is 1.74. The largest absolute Gasteiger partial charge is 0.385 e. The number of guanidine groups is 1. The Labute approximate surface area is 129 Å². The maximum Gasteiger partial charge on any atom is 0.193 e. The van der Waals surface area contributed by atoms with E-state index in [1.54, 1.807) is 7.11 Å². The molecule has 0 aromatic carbocycles. The minimum atomic E-state index is 0.411. The summed E-state index contributed by atoms with van der Waals surface area (Å²) < 4.78 is 10.7. The van der Waals surface area contributed by atoms with E-state index in [0.717, 1.165) is 51.8 Å². The summed E-state index contributed by atoms with van der Waals surface area (Å²) in [5, 5.41) is 3.42. The summed E-state index contributed by atoms with van der Waals surface area (Å²) in [6.45, 7) is 7.63. The number of nitrogens with zero attached hydrogens (tertiary/aromatic N) is 2. The van der Waals surface area contributed by atoms with Crippen LogP contribution in [-0.2, 0) is 9.47 Å². The average molecular weight is 297 g/mol. The van der Waals surface area contributed by atoms with Crippen molar-refractivity contribution in [2.24, 2.45) is 16.3 Å². The summed E-state index contributed by atoms with van der Waals surface area (Å²) in [4.78, 5) is 7.14.